The lowest BCUT2D eigenvalue weighted by Crippen LogP contribution is -2.54. The molecule has 1 amide bonds. The summed E-state index contributed by atoms with van der Waals surface area (Å²) < 4.78 is 5.99. The molecule has 1 heterocycles. The zero-order valence-corrected chi connectivity index (χ0v) is 22.5. The Kier molecular flexibility index (Phi) is 10.3. The largest absolute Gasteiger partial charge is 0.489 e. The minimum absolute atomic E-state index is 0.0955. The van der Waals surface area contributed by atoms with Gasteiger partial charge in [0.25, 0.3) is 0 Å². The van der Waals surface area contributed by atoms with Crippen molar-refractivity contribution in [1.29, 1.82) is 0 Å². The number of halogens is 1. The fraction of sp³-hybridized carbons (Fsp3) is 0.552. The second-order valence-corrected chi connectivity index (χ2v) is 11.0. The number of carbonyl (C=O) groups is 1. The van der Waals surface area contributed by atoms with E-state index in [9.17, 15) is 4.79 Å². The van der Waals surface area contributed by atoms with Gasteiger partial charge in [-0.15, -0.1) is 0 Å². The number of hydrogen-bond donors (Lipinski definition) is 1. The fourth-order valence-electron chi connectivity index (χ4n) is 4.65. The van der Waals surface area contributed by atoms with E-state index in [2.05, 4.69) is 44.7 Å². The number of nitrogens with zero attached hydrogens (tertiary/aromatic N) is 2. The number of likely N-dealkylation sites (tertiary alicyclic amines) is 1. The number of anilines is 1. The number of carbonyl (C=O) groups excluding carboxylic acids is 1. The van der Waals surface area contributed by atoms with E-state index in [-0.39, 0.29) is 5.91 Å². The van der Waals surface area contributed by atoms with Crippen molar-refractivity contribution in [2.45, 2.75) is 72.1 Å². The van der Waals surface area contributed by atoms with Crippen LogP contribution in [0.15, 0.2) is 48.5 Å². The van der Waals surface area contributed by atoms with Gasteiger partial charge in [-0.05, 0) is 79.5 Å². The van der Waals surface area contributed by atoms with E-state index in [1.807, 2.05) is 41.3 Å². The van der Waals surface area contributed by atoms with E-state index in [1.165, 1.54) is 5.69 Å². The van der Waals surface area contributed by atoms with Gasteiger partial charge < -0.3 is 20.3 Å². The van der Waals surface area contributed by atoms with Gasteiger partial charge in [-0.1, -0.05) is 51.4 Å². The molecular weight excluding hydrogens is 458 g/mol. The molecule has 1 unspecified atom stereocenters. The maximum absolute atomic E-state index is 13.0. The summed E-state index contributed by atoms with van der Waals surface area (Å²) in [6.45, 7) is 11.7. The van der Waals surface area contributed by atoms with Crippen molar-refractivity contribution in [3.8, 4) is 5.75 Å². The second kappa shape index (κ2) is 13.2. The standard InChI is InChI=1S/C29H42ClN3O2/c1-21(2)15-17-33(26-6-5-16-32(19-26)29(34)28(31)18-22(3)4)25-11-13-27(14-12-25)35-20-23-7-9-24(30)10-8-23/h7-14,21-22,26,28H,5-6,15-20,31H2,1-4H3/t26-,28?/m0/s1. The van der Waals surface area contributed by atoms with Crippen LogP contribution < -0.4 is 15.4 Å². The van der Waals surface area contributed by atoms with E-state index >= 15 is 0 Å². The first-order valence-corrected chi connectivity index (χ1v) is 13.4. The van der Waals surface area contributed by atoms with Crippen LogP contribution in [-0.4, -0.2) is 42.5 Å². The number of benzene rings is 2. The highest BCUT2D eigenvalue weighted by Gasteiger charge is 2.30. The topological polar surface area (TPSA) is 58.8 Å². The van der Waals surface area contributed by atoms with Crippen molar-refractivity contribution >= 4 is 23.2 Å². The van der Waals surface area contributed by atoms with E-state index in [0.717, 1.165) is 61.7 Å². The summed E-state index contributed by atoms with van der Waals surface area (Å²) in [5, 5.41) is 0.726. The Morgan fingerprint density at radius 2 is 1.77 bits per heavy atom. The Morgan fingerprint density at radius 1 is 1.09 bits per heavy atom. The molecule has 1 aliphatic heterocycles. The van der Waals surface area contributed by atoms with Crippen molar-refractivity contribution < 1.29 is 9.53 Å². The number of amides is 1. The molecule has 3 rings (SSSR count). The highest BCUT2D eigenvalue weighted by atomic mass is 35.5. The van der Waals surface area contributed by atoms with Gasteiger partial charge in [0.15, 0.2) is 0 Å². The zero-order valence-electron chi connectivity index (χ0n) is 21.8. The summed E-state index contributed by atoms with van der Waals surface area (Å²) in [5.74, 6) is 1.96. The molecule has 0 aromatic heterocycles. The minimum atomic E-state index is -0.407. The van der Waals surface area contributed by atoms with Crippen molar-refractivity contribution in [3.63, 3.8) is 0 Å². The number of nitrogens with two attached hydrogens (primary N) is 1. The van der Waals surface area contributed by atoms with Gasteiger partial charge in [0, 0.05) is 36.4 Å². The molecule has 1 aliphatic rings. The van der Waals surface area contributed by atoms with Crippen molar-refractivity contribution in [3.05, 3.63) is 59.1 Å². The first-order valence-electron chi connectivity index (χ1n) is 13.0. The first kappa shape index (κ1) is 27.3. The average molecular weight is 500 g/mol. The van der Waals surface area contributed by atoms with Gasteiger partial charge in [-0.25, -0.2) is 0 Å². The van der Waals surface area contributed by atoms with Crippen molar-refractivity contribution in [2.24, 2.45) is 17.6 Å². The SMILES string of the molecule is CC(C)CCN(c1ccc(OCc2ccc(Cl)cc2)cc1)[C@H]1CCCN(C(=O)C(N)CC(C)C)C1. The third-order valence-corrected chi connectivity index (χ3v) is 6.88. The highest BCUT2D eigenvalue weighted by molar-refractivity contribution is 6.30. The Labute approximate surface area is 216 Å². The van der Waals surface area contributed by atoms with Crippen LogP contribution in [0.3, 0.4) is 0 Å². The Morgan fingerprint density at radius 3 is 2.40 bits per heavy atom. The molecule has 2 aromatic carbocycles. The molecule has 0 bridgehead atoms. The third kappa shape index (κ3) is 8.43. The molecule has 192 valence electrons. The molecule has 6 heteroatoms. The van der Waals surface area contributed by atoms with Crippen LogP contribution >= 0.6 is 11.6 Å². The van der Waals surface area contributed by atoms with E-state index in [0.29, 0.717) is 24.5 Å². The third-order valence-electron chi connectivity index (χ3n) is 6.63. The van der Waals surface area contributed by atoms with Gasteiger partial charge >= 0.3 is 0 Å². The lowest BCUT2D eigenvalue weighted by molar-refractivity contribution is -0.134. The summed E-state index contributed by atoms with van der Waals surface area (Å²) in [5.41, 5.74) is 8.51. The predicted molar refractivity (Wildman–Crippen MR) is 146 cm³/mol. The van der Waals surface area contributed by atoms with Gasteiger partial charge in [0.05, 0.1) is 6.04 Å². The molecule has 0 radical (unpaired) electrons. The Balaban J connectivity index is 1.68. The molecule has 0 spiro atoms. The zero-order chi connectivity index (χ0) is 25.4. The lowest BCUT2D eigenvalue weighted by Gasteiger charge is -2.41. The second-order valence-electron chi connectivity index (χ2n) is 10.6. The number of rotatable bonds is 11. The minimum Gasteiger partial charge on any atom is -0.489 e. The van der Waals surface area contributed by atoms with Crippen LogP contribution in [0, 0.1) is 11.8 Å². The highest BCUT2D eigenvalue weighted by Crippen LogP contribution is 2.27. The molecule has 2 N–H and O–H groups in total. The van der Waals surface area contributed by atoms with Crippen LogP contribution in [0.4, 0.5) is 5.69 Å². The number of piperidine rings is 1. The summed E-state index contributed by atoms with van der Waals surface area (Å²) in [6, 6.07) is 16.0. The average Bonchev–Trinajstić information content (AvgIpc) is 2.83. The van der Waals surface area contributed by atoms with Crippen LogP contribution in [0.25, 0.3) is 0 Å². The summed E-state index contributed by atoms with van der Waals surface area (Å²) >= 11 is 5.97. The van der Waals surface area contributed by atoms with Gasteiger partial charge in [0.2, 0.25) is 5.91 Å². The van der Waals surface area contributed by atoms with Crippen LogP contribution in [-0.2, 0) is 11.4 Å². The molecule has 1 fully saturated rings. The molecular formula is C29H42ClN3O2. The van der Waals surface area contributed by atoms with Crippen molar-refractivity contribution in [2.75, 3.05) is 24.5 Å². The van der Waals surface area contributed by atoms with Crippen molar-refractivity contribution in [1.82, 2.24) is 4.90 Å². The van der Waals surface area contributed by atoms with E-state index in [4.69, 9.17) is 22.1 Å². The normalized spacial score (nSPS) is 17.0. The van der Waals surface area contributed by atoms with Gasteiger partial charge in [-0.2, -0.15) is 0 Å². The van der Waals surface area contributed by atoms with E-state index in [1.54, 1.807) is 0 Å². The maximum atomic E-state index is 13.0. The number of hydrogen-bond acceptors (Lipinski definition) is 4. The molecule has 5 nitrogen and oxygen atoms in total. The molecule has 2 atom stereocenters. The fourth-order valence-corrected chi connectivity index (χ4v) is 4.78. The molecule has 0 saturated carbocycles. The molecule has 2 aromatic rings. The smallest absolute Gasteiger partial charge is 0.239 e. The maximum Gasteiger partial charge on any atom is 0.239 e. The summed E-state index contributed by atoms with van der Waals surface area (Å²) in [7, 11) is 0. The quantitative estimate of drug-likeness (QED) is 0.403. The Hall–Kier alpha value is -2.24. The van der Waals surface area contributed by atoms with E-state index < -0.39 is 6.04 Å². The lowest BCUT2D eigenvalue weighted by atomic mass is 9.99. The van der Waals surface area contributed by atoms with Crippen LogP contribution in [0.2, 0.25) is 5.02 Å². The van der Waals surface area contributed by atoms with Gasteiger partial charge in [-0.3, -0.25) is 4.79 Å². The number of ether oxygens (including phenoxy) is 1. The van der Waals surface area contributed by atoms with Gasteiger partial charge in [0.1, 0.15) is 12.4 Å². The Bertz CT molecular complexity index is 915. The summed E-state index contributed by atoms with van der Waals surface area (Å²) in [6.07, 6.45) is 3.92. The molecule has 0 aliphatic carbocycles. The molecule has 35 heavy (non-hydrogen) atoms. The summed E-state index contributed by atoms with van der Waals surface area (Å²) in [4.78, 5) is 17.5. The monoisotopic (exact) mass is 499 g/mol. The van der Waals surface area contributed by atoms with Crippen LogP contribution in [0.5, 0.6) is 5.75 Å². The predicted octanol–water partition coefficient (Wildman–Crippen LogP) is 6.14. The first-order chi connectivity index (χ1) is 16.7. The van der Waals surface area contributed by atoms with Crippen LogP contribution in [0.1, 0.15) is 58.9 Å². The molecule has 1 saturated heterocycles.